The fourth-order valence-corrected chi connectivity index (χ4v) is 3.64. The molecule has 1 aromatic heterocycles. The Balaban J connectivity index is 2.39. The number of thiazole rings is 1. The summed E-state index contributed by atoms with van der Waals surface area (Å²) < 4.78 is 4.81. The van der Waals surface area contributed by atoms with Gasteiger partial charge in [-0.05, 0) is 36.8 Å². The fourth-order valence-electron chi connectivity index (χ4n) is 2.65. The molecule has 0 amide bonds. The van der Waals surface area contributed by atoms with E-state index in [1.807, 2.05) is 32.0 Å². The van der Waals surface area contributed by atoms with Gasteiger partial charge in [0.25, 0.3) is 0 Å². The van der Waals surface area contributed by atoms with Crippen molar-refractivity contribution in [1.29, 1.82) is 0 Å². The molecular weight excluding hydrogens is 308 g/mol. The minimum atomic E-state index is -0.386. The van der Waals surface area contributed by atoms with Crippen LogP contribution in [0.25, 0.3) is 26.1 Å². The number of aromatic nitrogens is 1. The number of fused-ring (bicyclic) bond motifs is 1. The molecular formula is C18H14N2O2S. The highest BCUT2D eigenvalue weighted by molar-refractivity contribution is 7.15. The van der Waals surface area contributed by atoms with E-state index in [-0.39, 0.29) is 5.97 Å². The monoisotopic (exact) mass is 322 g/mol. The lowest BCUT2D eigenvalue weighted by Gasteiger charge is -2.10. The van der Waals surface area contributed by atoms with Gasteiger partial charge in [0.1, 0.15) is 0 Å². The van der Waals surface area contributed by atoms with Gasteiger partial charge >= 0.3 is 5.97 Å². The standard InChI is InChI=1S/C18H14N2O2S/c1-10-17(23-11(2)20-10)16-14-9-13(18(21)22-4)6-5-12(14)7-8-15(16)19-3/h5-9H,1-2,4H3. The minimum absolute atomic E-state index is 0.386. The summed E-state index contributed by atoms with van der Waals surface area (Å²) in [5.74, 6) is -0.386. The molecule has 0 aliphatic carbocycles. The van der Waals surface area contributed by atoms with Crippen LogP contribution in [-0.4, -0.2) is 18.1 Å². The molecule has 0 N–H and O–H groups in total. The summed E-state index contributed by atoms with van der Waals surface area (Å²) in [6.07, 6.45) is 0. The molecule has 0 saturated heterocycles. The lowest BCUT2D eigenvalue weighted by molar-refractivity contribution is 0.0601. The highest BCUT2D eigenvalue weighted by atomic mass is 32.1. The summed E-state index contributed by atoms with van der Waals surface area (Å²) >= 11 is 1.56. The summed E-state index contributed by atoms with van der Waals surface area (Å²) in [6, 6.07) is 9.12. The maximum absolute atomic E-state index is 11.8. The first-order valence-corrected chi connectivity index (χ1v) is 7.83. The third kappa shape index (κ3) is 2.58. The summed E-state index contributed by atoms with van der Waals surface area (Å²) in [5.41, 5.74) is 2.77. The second kappa shape index (κ2) is 5.82. The minimum Gasteiger partial charge on any atom is -0.465 e. The lowest BCUT2D eigenvalue weighted by atomic mass is 9.98. The first kappa shape index (κ1) is 15.2. The second-order valence-corrected chi connectivity index (χ2v) is 6.35. The third-order valence-electron chi connectivity index (χ3n) is 3.67. The van der Waals surface area contributed by atoms with Crippen LogP contribution in [0.15, 0.2) is 30.3 Å². The molecule has 5 heteroatoms. The van der Waals surface area contributed by atoms with Crippen molar-refractivity contribution in [2.75, 3.05) is 7.11 Å². The molecule has 23 heavy (non-hydrogen) atoms. The van der Waals surface area contributed by atoms with Crippen LogP contribution in [0.3, 0.4) is 0 Å². The van der Waals surface area contributed by atoms with Crippen LogP contribution >= 0.6 is 11.3 Å². The van der Waals surface area contributed by atoms with Crippen LogP contribution in [0.5, 0.6) is 0 Å². The Kier molecular flexibility index (Phi) is 3.85. The summed E-state index contributed by atoms with van der Waals surface area (Å²) in [6.45, 7) is 11.4. The molecule has 0 spiro atoms. The Morgan fingerprint density at radius 2 is 2.00 bits per heavy atom. The van der Waals surface area contributed by atoms with Crippen molar-refractivity contribution in [2.45, 2.75) is 13.8 Å². The van der Waals surface area contributed by atoms with Gasteiger partial charge < -0.3 is 4.74 Å². The second-order valence-electron chi connectivity index (χ2n) is 5.15. The van der Waals surface area contributed by atoms with Crippen LogP contribution in [0.4, 0.5) is 5.69 Å². The molecule has 0 aliphatic rings. The largest absolute Gasteiger partial charge is 0.465 e. The average Bonchev–Trinajstić information content (AvgIpc) is 2.90. The zero-order valence-electron chi connectivity index (χ0n) is 13.0. The molecule has 3 aromatic rings. The Hall–Kier alpha value is -2.71. The summed E-state index contributed by atoms with van der Waals surface area (Å²) in [5, 5.41) is 2.80. The Morgan fingerprint density at radius 1 is 1.26 bits per heavy atom. The first-order chi connectivity index (χ1) is 11.0. The van der Waals surface area contributed by atoms with E-state index >= 15 is 0 Å². The molecule has 0 bridgehead atoms. The summed E-state index contributed by atoms with van der Waals surface area (Å²) in [4.78, 5) is 20.9. The number of carbonyl (C=O) groups excluding carboxylic acids is 1. The van der Waals surface area contributed by atoms with Crippen molar-refractivity contribution in [2.24, 2.45) is 0 Å². The average molecular weight is 322 g/mol. The number of ether oxygens (including phenoxy) is 1. The molecule has 114 valence electrons. The number of aryl methyl sites for hydroxylation is 2. The van der Waals surface area contributed by atoms with Gasteiger partial charge in [-0.3, -0.25) is 0 Å². The molecule has 0 unspecified atom stereocenters. The van der Waals surface area contributed by atoms with Gasteiger partial charge in [0.15, 0.2) is 5.69 Å². The maximum atomic E-state index is 11.8. The van der Waals surface area contributed by atoms with Gasteiger partial charge in [0, 0.05) is 10.4 Å². The van der Waals surface area contributed by atoms with Gasteiger partial charge in [-0.15, -0.1) is 11.3 Å². The number of methoxy groups -OCH3 is 1. The molecule has 1 heterocycles. The van der Waals surface area contributed by atoms with E-state index in [2.05, 4.69) is 9.83 Å². The van der Waals surface area contributed by atoms with Crippen molar-refractivity contribution in [3.8, 4) is 10.4 Å². The zero-order chi connectivity index (χ0) is 16.6. The van der Waals surface area contributed by atoms with Gasteiger partial charge in [-0.1, -0.05) is 18.2 Å². The smallest absolute Gasteiger partial charge is 0.337 e. The molecule has 0 saturated carbocycles. The number of nitrogens with zero attached hydrogens (tertiary/aromatic N) is 2. The predicted octanol–water partition coefficient (Wildman–Crippen LogP) is 4.92. The maximum Gasteiger partial charge on any atom is 0.337 e. The molecule has 0 atom stereocenters. The van der Waals surface area contributed by atoms with Crippen LogP contribution in [0, 0.1) is 20.4 Å². The quantitative estimate of drug-likeness (QED) is 0.497. The SMILES string of the molecule is [C-]#[N+]c1ccc2ccc(C(=O)OC)cc2c1-c1sc(C)nc1C. The fraction of sp³-hybridized carbons (Fsp3) is 0.167. The molecule has 0 aliphatic heterocycles. The Labute approximate surface area is 138 Å². The van der Waals surface area contributed by atoms with E-state index in [1.54, 1.807) is 23.5 Å². The van der Waals surface area contributed by atoms with E-state index in [0.29, 0.717) is 11.3 Å². The lowest BCUT2D eigenvalue weighted by Crippen LogP contribution is -2.00. The Bertz CT molecular complexity index is 967. The number of carbonyl (C=O) groups is 1. The molecule has 4 nitrogen and oxygen atoms in total. The molecule has 0 fully saturated rings. The number of hydrogen-bond donors (Lipinski definition) is 0. The van der Waals surface area contributed by atoms with Crippen molar-refractivity contribution >= 4 is 33.8 Å². The van der Waals surface area contributed by atoms with E-state index in [9.17, 15) is 4.79 Å². The Morgan fingerprint density at radius 3 is 2.61 bits per heavy atom. The molecule has 0 radical (unpaired) electrons. The highest BCUT2D eigenvalue weighted by Gasteiger charge is 2.17. The van der Waals surface area contributed by atoms with Crippen molar-refractivity contribution < 1.29 is 9.53 Å². The molecule has 2 aromatic carbocycles. The van der Waals surface area contributed by atoms with E-state index in [1.165, 1.54) is 7.11 Å². The first-order valence-electron chi connectivity index (χ1n) is 7.02. The van der Waals surface area contributed by atoms with Gasteiger partial charge in [-0.2, -0.15) is 0 Å². The molecule has 3 rings (SSSR count). The third-order valence-corrected chi connectivity index (χ3v) is 4.76. The van der Waals surface area contributed by atoms with Crippen molar-refractivity contribution in [3.63, 3.8) is 0 Å². The zero-order valence-corrected chi connectivity index (χ0v) is 13.8. The van der Waals surface area contributed by atoms with Crippen molar-refractivity contribution in [1.82, 2.24) is 4.98 Å². The van der Waals surface area contributed by atoms with Crippen LogP contribution in [0.1, 0.15) is 21.1 Å². The number of hydrogen-bond acceptors (Lipinski definition) is 4. The van der Waals surface area contributed by atoms with E-state index in [0.717, 1.165) is 31.9 Å². The predicted molar refractivity (Wildman–Crippen MR) is 92.1 cm³/mol. The number of rotatable bonds is 2. The van der Waals surface area contributed by atoms with E-state index < -0.39 is 0 Å². The van der Waals surface area contributed by atoms with Crippen LogP contribution < -0.4 is 0 Å². The van der Waals surface area contributed by atoms with Gasteiger partial charge in [0.2, 0.25) is 0 Å². The van der Waals surface area contributed by atoms with Gasteiger partial charge in [0.05, 0.1) is 29.9 Å². The van der Waals surface area contributed by atoms with Crippen LogP contribution in [-0.2, 0) is 4.74 Å². The highest BCUT2D eigenvalue weighted by Crippen LogP contribution is 2.42. The number of benzene rings is 2. The summed E-state index contributed by atoms with van der Waals surface area (Å²) in [7, 11) is 1.36. The van der Waals surface area contributed by atoms with Crippen molar-refractivity contribution in [3.05, 3.63) is 58.0 Å². The topological polar surface area (TPSA) is 43.5 Å². The van der Waals surface area contributed by atoms with Crippen LogP contribution in [0.2, 0.25) is 0 Å². The number of esters is 1. The van der Waals surface area contributed by atoms with E-state index in [4.69, 9.17) is 11.3 Å². The normalized spacial score (nSPS) is 10.5. The van der Waals surface area contributed by atoms with Gasteiger partial charge in [-0.25, -0.2) is 14.6 Å².